The summed E-state index contributed by atoms with van der Waals surface area (Å²) in [4.78, 5) is 6.58. The van der Waals surface area contributed by atoms with E-state index in [-0.39, 0.29) is 5.92 Å². The van der Waals surface area contributed by atoms with E-state index >= 15 is 0 Å². The number of hydrogen-bond acceptors (Lipinski definition) is 1. The van der Waals surface area contributed by atoms with E-state index in [4.69, 9.17) is 4.42 Å². The van der Waals surface area contributed by atoms with Gasteiger partial charge in [0.05, 0.1) is 5.92 Å². The van der Waals surface area contributed by atoms with Crippen LogP contribution in [0.2, 0.25) is 0 Å². The fourth-order valence-electron chi connectivity index (χ4n) is 2.67. The van der Waals surface area contributed by atoms with Gasteiger partial charge in [0.15, 0.2) is 0 Å². The number of H-pyrrole nitrogens is 2. The van der Waals surface area contributed by atoms with E-state index in [0.29, 0.717) is 0 Å². The zero-order chi connectivity index (χ0) is 13.4. The maximum absolute atomic E-state index is 6.04. The van der Waals surface area contributed by atoms with Crippen LogP contribution in [-0.2, 0) is 0 Å². The number of aromatic nitrogens is 2. The lowest BCUT2D eigenvalue weighted by molar-refractivity contribution is 0.536. The number of furan rings is 1. The molecule has 0 aliphatic carbocycles. The molecule has 0 fully saturated rings. The fraction of sp³-hybridized carbons (Fsp3) is 0.0588. The van der Waals surface area contributed by atoms with Gasteiger partial charge in [-0.05, 0) is 36.4 Å². The Morgan fingerprint density at radius 3 is 2.10 bits per heavy atom. The molecule has 0 radical (unpaired) electrons. The average Bonchev–Trinajstić information content (AvgIpc) is 3.21. The molecule has 0 aliphatic heterocycles. The quantitative estimate of drug-likeness (QED) is 0.569. The monoisotopic (exact) mass is 262 g/mol. The van der Waals surface area contributed by atoms with Gasteiger partial charge in [0.2, 0.25) is 0 Å². The molecule has 3 heterocycles. The molecular weight excluding hydrogens is 248 g/mol. The Hall–Kier alpha value is -2.68. The largest absolute Gasteiger partial charge is 0.460 e. The van der Waals surface area contributed by atoms with Crippen molar-refractivity contribution in [2.24, 2.45) is 0 Å². The van der Waals surface area contributed by atoms with Crippen molar-refractivity contribution >= 4 is 11.0 Å². The average molecular weight is 262 g/mol. The van der Waals surface area contributed by atoms with Crippen LogP contribution in [0.4, 0.5) is 0 Å². The second-order valence-corrected chi connectivity index (χ2v) is 4.87. The minimum atomic E-state index is 0.0624. The van der Waals surface area contributed by atoms with Gasteiger partial charge in [-0.2, -0.15) is 0 Å². The molecule has 3 nitrogen and oxygen atoms in total. The second-order valence-electron chi connectivity index (χ2n) is 4.87. The summed E-state index contributed by atoms with van der Waals surface area (Å²) in [6.07, 6.45) is 3.88. The van der Waals surface area contributed by atoms with Crippen molar-refractivity contribution in [3.05, 3.63) is 84.1 Å². The van der Waals surface area contributed by atoms with Crippen LogP contribution in [0, 0.1) is 0 Å². The van der Waals surface area contributed by atoms with E-state index in [1.807, 2.05) is 42.7 Å². The first-order valence-electron chi connectivity index (χ1n) is 6.67. The molecule has 0 spiro atoms. The SMILES string of the molecule is c1c[nH]c(C(c2ccc[nH]2)c2cc3ccccc3o2)c1. The Balaban J connectivity index is 1.90. The molecule has 2 N–H and O–H groups in total. The Morgan fingerprint density at radius 2 is 1.50 bits per heavy atom. The third-order valence-electron chi connectivity index (χ3n) is 3.60. The molecule has 20 heavy (non-hydrogen) atoms. The van der Waals surface area contributed by atoms with Gasteiger partial charge in [0.25, 0.3) is 0 Å². The van der Waals surface area contributed by atoms with Crippen LogP contribution in [0.5, 0.6) is 0 Å². The summed E-state index contributed by atoms with van der Waals surface area (Å²) in [6.45, 7) is 0. The molecule has 1 aromatic carbocycles. The fourth-order valence-corrected chi connectivity index (χ4v) is 2.67. The molecule has 0 aliphatic rings. The van der Waals surface area contributed by atoms with Crippen LogP contribution in [0.3, 0.4) is 0 Å². The van der Waals surface area contributed by atoms with E-state index in [1.54, 1.807) is 0 Å². The van der Waals surface area contributed by atoms with Crippen molar-refractivity contribution in [2.75, 3.05) is 0 Å². The van der Waals surface area contributed by atoms with Crippen molar-refractivity contribution in [3.63, 3.8) is 0 Å². The first-order chi connectivity index (χ1) is 9.92. The molecule has 3 heteroatoms. The van der Waals surface area contributed by atoms with Gasteiger partial charge in [0.1, 0.15) is 11.3 Å². The van der Waals surface area contributed by atoms with Gasteiger partial charge in [-0.15, -0.1) is 0 Å². The summed E-state index contributed by atoms with van der Waals surface area (Å²) in [6, 6.07) is 18.4. The van der Waals surface area contributed by atoms with E-state index < -0.39 is 0 Å². The smallest absolute Gasteiger partial charge is 0.134 e. The lowest BCUT2D eigenvalue weighted by Crippen LogP contribution is -2.02. The van der Waals surface area contributed by atoms with Gasteiger partial charge >= 0.3 is 0 Å². The number of rotatable bonds is 3. The summed E-state index contributed by atoms with van der Waals surface area (Å²) < 4.78 is 6.04. The van der Waals surface area contributed by atoms with Crippen LogP contribution in [-0.4, -0.2) is 9.97 Å². The maximum Gasteiger partial charge on any atom is 0.134 e. The number of para-hydroxylation sites is 1. The Bertz CT molecular complexity index is 743. The van der Waals surface area contributed by atoms with Gasteiger partial charge < -0.3 is 14.4 Å². The summed E-state index contributed by atoms with van der Waals surface area (Å²) in [7, 11) is 0. The topological polar surface area (TPSA) is 44.7 Å². The van der Waals surface area contributed by atoms with Crippen molar-refractivity contribution < 1.29 is 4.42 Å². The third kappa shape index (κ3) is 1.75. The minimum absolute atomic E-state index is 0.0624. The van der Waals surface area contributed by atoms with Crippen molar-refractivity contribution in [3.8, 4) is 0 Å². The molecule has 0 saturated heterocycles. The number of fused-ring (bicyclic) bond motifs is 1. The Labute approximate surface area is 116 Å². The standard InChI is InChI=1S/C17H14N2O/c1-2-8-15-12(5-1)11-16(20-15)17(13-6-3-9-18-13)14-7-4-10-19-14/h1-11,17-19H. The molecular formula is C17H14N2O. The summed E-state index contributed by atoms with van der Waals surface area (Å²) in [5, 5.41) is 1.13. The van der Waals surface area contributed by atoms with Gasteiger partial charge in [-0.3, -0.25) is 0 Å². The zero-order valence-corrected chi connectivity index (χ0v) is 10.8. The summed E-state index contributed by atoms with van der Waals surface area (Å²) in [5.41, 5.74) is 3.16. The van der Waals surface area contributed by atoms with Gasteiger partial charge in [0, 0.05) is 29.2 Å². The molecule has 0 bridgehead atoms. The zero-order valence-electron chi connectivity index (χ0n) is 10.8. The third-order valence-corrected chi connectivity index (χ3v) is 3.60. The molecule has 4 rings (SSSR count). The van der Waals surface area contributed by atoms with E-state index in [0.717, 1.165) is 28.1 Å². The van der Waals surface area contributed by atoms with Gasteiger partial charge in [-0.25, -0.2) is 0 Å². The predicted octanol–water partition coefficient (Wildman–Crippen LogP) is 4.27. The van der Waals surface area contributed by atoms with Crippen LogP contribution < -0.4 is 0 Å². The first-order valence-corrected chi connectivity index (χ1v) is 6.67. The van der Waals surface area contributed by atoms with E-state index in [1.165, 1.54) is 0 Å². The summed E-state index contributed by atoms with van der Waals surface area (Å²) in [5.74, 6) is 1.00. The number of benzene rings is 1. The van der Waals surface area contributed by atoms with Crippen LogP contribution >= 0.6 is 0 Å². The molecule has 0 saturated carbocycles. The molecule has 0 amide bonds. The highest BCUT2D eigenvalue weighted by molar-refractivity contribution is 5.78. The maximum atomic E-state index is 6.04. The highest BCUT2D eigenvalue weighted by atomic mass is 16.3. The molecule has 0 unspecified atom stereocenters. The number of nitrogens with one attached hydrogen (secondary N) is 2. The van der Waals surface area contributed by atoms with Crippen LogP contribution in [0.15, 0.2) is 71.4 Å². The molecule has 3 aromatic heterocycles. The molecule has 0 atom stereocenters. The first kappa shape index (κ1) is 11.2. The number of hydrogen-bond donors (Lipinski definition) is 2. The van der Waals surface area contributed by atoms with E-state index in [2.05, 4.69) is 34.2 Å². The highest BCUT2D eigenvalue weighted by Gasteiger charge is 2.22. The van der Waals surface area contributed by atoms with Crippen molar-refractivity contribution in [2.45, 2.75) is 5.92 Å². The minimum Gasteiger partial charge on any atom is -0.460 e. The van der Waals surface area contributed by atoms with Gasteiger partial charge in [-0.1, -0.05) is 18.2 Å². The van der Waals surface area contributed by atoms with E-state index in [9.17, 15) is 0 Å². The Kier molecular flexibility index (Phi) is 2.49. The number of aromatic amines is 2. The molecule has 98 valence electrons. The lowest BCUT2D eigenvalue weighted by atomic mass is 9.98. The summed E-state index contributed by atoms with van der Waals surface area (Å²) >= 11 is 0. The van der Waals surface area contributed by atoms with Crippen LogP contribution in [0.25, 0.3) is 11.0 Å². The molecule has 4 aromatic rings. The van der Waals surface area contributed by atoms with Crippen LogP contribution in [0.1, 0.15) is 23.1 Å². The second kappa shape index (κ2) is 4.46. The van der Waals surface area contributed by atoms with Crippen molar-refractivity contribution in [1.82, 2.24) is 9.97 Å². The highest BCUT2D eigenvalue weighted by Crippen LogP contribution is 2.33. The van der Waals surface area contributed by atoms with Crippen molar-refractivity contribution in [1.29, 1.82) is 0 Å². The lowest BCUT2D eigenvalue weighted by Gasteiger charge is -2.11. The predicted molar refractivity (Wildman–Crippen MR) is 78.7 cm³/mol. The Morgan fingerprint density at radius 1 is 0.800 bits per heavy atom. The normalized spacial score (nSPS) is 11.4.